The van der Waals surface area contributed by atoms with Gasteiger partial charge in [0.15, 0.2) is 5.16 Å². The van der Waals surface area contributed by atoms with Crippen molar-refractivity contribution in [2.45, 2.75) is 11.5 Å². The summed E-state index contributed by atoms with van der Waals surface area (Å²) < 4.78 is 43.3. The van der Waals surface area contributed by atoms with Crippen molar-refractivity contribution in [1.82, 2.24) is 19.4 Å². The number of nitrogens with one attached hydrogen (secondary N) is 1. The predicted molar refractivity (Wildman–Crippen MR) is 152 cm³/mol. The maximum Gasteiger partial charge on any atom is 0.573 e. The first kappa shape index (κ1) is 26.8. The van der Waals surface area contributed by atoms with Crippen LogP contribution < -0.4 is 15.2 Å². The molecule has 3 aromatic carbocycles. The molecule has 1 fully saturated rings. The number of nitrogens with zero attached hydrogens (tertiary/aromatic N) is 4. The lowest BCUT2D eigenvalue weighted by atomic mass is 10.2. The van der Waals surface area contributed by atoms with Gasteiger partial charge in [0.1, 0.15) is 16.8 Å². The van der Waals surface area contributed by atoms with Gasteiger partial charge in [-0.25, -0.2) is 4.98 Å². The first-order valence-electron chi connectivity index (χ1n) is 12.9. The van der Waals surface area contributed by atoms with Crippen LogP contribution in [0.2, 0.25) is 0 Å². The van der Waals surface area contributed by atoms with Crippen LogP contribution in [-0.2, 0) is 4.79 Å². The molecule has 1 aliphatic rings. The number of H-pyrrole nitrogens is 1. The third kappa shape index (κ3) is 5.60. The lowest BCUT2D eigenvalue weighted by Crippen LogP contribution is -2.49. The Hall–Kier alpha value is -4.45. The van der Waals surface area contributed by atoms with Crippen LogP contribution in [0.5, 0.6) is 5.75 Å². The molecule has 210 valence electrons. The Morgan fingerprint density at radius 3 is 2.29 bits per heavy atom. The highest BCUT2D eigenvalue weighted by Crippen LogP contribution is 2.28. The SMILES string of the molecule is O=C(CSc1nc2c([nH]c3ccccc32)c(=O)n1-c1ccc(OC(F)(F)F)cc1)N1CCN(c2ccccc2)CC1. The van der Waals surface area contributed by atoms with E-state index in [1.807, 2.05) is 54.6 Å². The van der Waals surface area contributed by atoms with E-state index in [9.17, 15) is 22.8 Å². The number of benzene rings is 3. The maximum atomic E-state index is 13.7. The molecule has 0 atom stereocenters. The minimum Gasteiger partial charge on any atom is -0.406 e. The van der Waals surface area contributed by atoms with E-state index in [0.29, 0.717) is 37.4 Å². The van der Waals surface area contributed by atoms with E-state index in [-0.39, 0.29) is 22.3 Å². The number of amides is 1. The van der Waals surface area contributed by atoms with Gasteiger partial charge in [-0.15, -0.1) is 13.2 Å². The molecular weight excluding hydrogens is 555 g/mol. The molecule has 1 amide bonds. The van der Waals surface area contributed by atoms with E-state index >= 15 is 0 Å². The molecule has 6 rings (SSSR count). The number of aromatic amines is 1. The van der Waals surface area contributed by atoms with Crippen molar-refractivity contribution in [3.05, 3.63) is 89.2 Å². The highest BCUT2D eigenvalue weighted by atomic mass is 32.2. The smallest absolute Gasteiger partial charge is 0.406 e. The molecule has 2 aromatic heterocycles. The van der Waals surface area contributed by atoms with Gasteiger partial charge in [0.2, 0.25) is 5.91 Å². The number of alkyl halides is 3. The fourth-order valence-corrected chi connectivity index (χ4v) is 5.84. The van der Waals surface area contributed by atoms with Gasteiger partial charge in [-0.3, -0.25) is 14.2 Å². The van der Waals surface area contributed by atoms with E-state index in [2.05, 4.69) is 14.6 Å². The predicted octanol–water partition coefficient (Wildman–Crippen LogP) is 5.21. The minimum absolute atomic E-state index is 0.0426. The van der Waals surface area contributed by atoms with Crippen molar-refractivity contribution < 1.29 is 22.7 Å². The van der Waals surface area contributed by atoms with Crippen LogP contribution in [0, 0.1) is 0 Å². The summed E-state index contributed by atoms with van der Waals surface area (Å²) in [5, 5.41) is 1.01. The van der Waals surface area contributed by atoms with Crippen LogP contribution in [0.3, 0.4) is 0 Å². The number of carbonyl (C=O) groups is 1. The fourth-order valence-electron chi connectivity index (χ4n) is 4.93. The summed E-state index contributed by atoms with van der Waals surface area (Å²) in [5.74, 6) is -0.453. The van der Waals surface area contributed by atoms with Crippen molar-refractivity contribution in [3.63, 3.8) is 0 Å². The second-order valence-electron chi connectivity index (χ2n) is 9.46. The van der Waals surface area contributed by atoms with Crippen LogP contribution in [0.1, 0.15) is 0 Å². The quantitative estimate of drug-likeness (QED) is 0.220. The first-order chi connectivity index (χ1) is 19.8. The van der Waals surface area contributed by atoms with Gasteiger partial charge in [0.25, 0.3) is 5.56 Å². The molecule has 3 heterocycles. The third-order valence-corrected chi connectivity index (χ3v) is 7.82. The average molecular weight is 580 g/mol. The highest BCUT2D eigenvalue weighted by molar-refractivity contribution is 7.99. The number of piperazine rings is 1. The van der Waals surface area contributed by atoms with Crippen LogP contribution >= 0.6 is 11.8 Å². The summed E-state index contributed by atoms with van der Waals surface area (Å²) in [7, 11) is 0. The monoisotopic (exact) mass is 579 g/mol. The van der Waals surface area contributed by atoms with E-state index in [1.165, 1.54) is 16.7 Å². The Morgan fingerprint density at radius 1 is 0.902 bits per heavy atom. The second kappa shape index (κ2) is 10.8. The molecular formula is C29H24F3N5O3S. The van der Waals surface area contributed by atoms with Crippen LogP contribution in [-0.4, -0.2) is 63.6 Å². The molecule has 0 saturated carbocycles. The zero-order chi connectivity index (χ0) is 28.6. The van der Waals surface area contributed by atoms with E-state index < -0.39 is 17.7 Å². The molecule has 0 aliphatic carbocycles. The number of aromatic nitrogens is 3. The van der Waals surface area contributed by atoms with Crippen LogP contribution in [0.25, 0.3) is 27.6 Å². The molecule has 8 nitrogen and oxygen atoms in total. The maximum absolute atomic E-state index is 13.7. The Balaban J connectivity index is 1.28. The molecule has 1 saturated heterocycles. The lowest BCUT2D eigenvalue weighted by molar-refractivity contribution is -0.274. The summed E-state index contributed by atoms with van der Waals surface area (Å²) in [6, 6.07) is 22.3. The largest absolute Gasteiger partial charge is 0.573 e. The zero-order valence-corrected chi connectivity index (χ0v) is 22.4. The minimum atomic E-state index is -4.84. The van der Waals surface area contributed by atoms with Crippen molar-refractivity contribution in [2.75, 3.05) is 36.8 Å². The molecule has 5 aromatic rings. The number of para-hydroxylation sites is 2. The number of hydrogen-bond donors (Lipinski definition) is 1. The first-order valence-corrected chi connectivity index (χ1v) is 13.9. The van der Waals surface area contributed by atoms with Gasteiger partial charge in [-0.05, 0) is 42.5 Å². The average Bonchev–Trinajstić information content (AvgIpc) is 3.35. The van der Waals surface area contributed by atoms with E-state index in [0.717, 1.165) is 40.5 Å². The second-order valence-corrected chi connectivity index (χ2v) is 10.4. The molecule has 0 unspecified atom stereocenters. The fraction of sp³-hybridized carbons (Fsp3) is 0.207. The Bertz CT molecular complexity index is 1760. The number of hydrogen-bond acceptors (Lipinski definition) is 6. The molecule has 12 heteroatoms. The molecule has 0 spiro atoms. The zero-order valence-electron chi connectivity index (χ0n) is 21.6. The molecule has 0 radical (unpaired) electrons. The van der Waals surface area contributed by atoms with E-state index in [1.54, 1.807) is 4.90 Å². The van der Waals surface area contributed by atoms with Gasteiger partial charge < -0.3 is 19.5 Å². The van der Waals surface area contributed by atoms with Crippen molar-refractivity contribution in [2.24, 2.45) is 0 Å². The van der Waals surface area contributed by atoms with Gasteiger partial charge in [-0.1, -0.05) is 48.2 Å². The van der Waals surface area contributed by atoms with Crippen molar-refractivity contribution >= 4 is 45.3 Å². The lowest BCUT2D eigenvalue weighted by Gasteiger charge is -2.36. The van der Waals surface area contributed by atoms with Crippen molar-refractivity contribution in [1.29, 1.82) is 0 Å². The third-order valence-electron chi connectivity index (χ3n) is 6.90. The Kier molecular flexibility index (Phi) is 7.08. The van der Waals surface area contributed by atoms with Crippen LogP contribution in [0.15, 0.2) is 88.8 Å². The standard InChI is InChI=1S/C29H24F3N5O3S/c30-29(31,32)40-21-12-10-20(11-13-21)37-27(39)26-25(22-8-4-5-9-23(22)33-26)34-28(37)41-18-24(38)36-16-14-35(15-17-36)19-6-2-1-3-7-19/h1-13,33H,14-18H2. The van der Waals surface area contributed by atoms with Crippen LogP contribution in [0.4, 0.5) is 18.9 Å². The number of halogens is 3. The normalized spacial score (nSPS) is 14.1. The highest BCUT2D eigenvalue weighted by Gasteiger charge is 2.31. The number of anilines is 1. The molecule has 1 aliphatic heterocycles. The van der Waals surface area contributed by atoms with Gasteiger partial charge in [0.05, 0.1) is 11.4 Å². The molecule has 41 heavy (non-hydrogen) atoms. The topological polar surface area (TPSA) is 83.5 Å². The Morgan fingerprint density at radius 2 is 1.59 bits per heavy atom. The summed E-state index contributed by atoms with van der Waals surface area (Å²) in [6.07, 6.45) is -4.84. The summed E-state index contributed by atoms with van der Waals surface area (Å²) in [5.41, 5.74) is 2.42. The summed E-state index contributed by atoms with van der Waals surface area (Å²) in [6.45, 7) is 2.54. The summed E-state index contributed by atoms with van der Waals surface area (Å²) in [4.78, 5) is 38.8. The van der Waals surface area contributed by atoms with E-state index in [4.69, 9.17) is 4.98 Å². The number of ether oxygens (including phenoxy) is 1. The van der Waals surface area contributed by atoms with Crippen molar-refractivity contribution in [3.8, 4) is 11.4 Å². The molecule has 0 bridgehead atoms. The number of thioether (sulfide) groups is 1. The Labute approximate surface area is 236 Å². The van der Waals surface area contributed by atoms with Gasteiger partial charge in [-0.2, -0.15) is 0 Å². The van der Waals surface area contributed by atoms with Gasteiger partial charge >= 0.3 is 6.36 Å². The summed E-state index contributed by atoms with van der Waals surface area (Å²) >= 11 is 1.12. The number of fused-ring (bicyclic) bond motifs is 3. The molecule has 1 N–H and O–H groups in total. The van der Waals surface area contributed by atoms with Gasteiger partial charge in [0, 0.05) is 42.8 Å². The number of carbonyl (C=O) groups excluding carboxylic acids is 1. The number of rotatable bonds is 6.